The van der Waals surface area contributed by atoms with Crippen LogP contribution in [-0.2, 0) is 9.53 Å². The zero-order chi connectivity index (χ0) is 10.5. The molecule has 0 aromatic carbocycles. The van der Waals surface area contributed by atoms with Gasteiger partial charge < -0.3 is 4.74 Å². The Kier molecular flexibility index (Phi) is 4.51. The molecule has 0 aliphatic carbocycles. The van der Waals surface area contributed by atoms with Crippen molar-refractivity contribution >= 4 is 5.97 Å². The summed E-state index contributed by atoms with van der Waals surface area (Å²) < 4.78 is 40.0. The summed E-state index contributed by atoms with van der Waals surface area (Å²) in [6.07, 6.45) is -4.48. The molecule has 0 aromatic rings. The number of hydrogen-bond acceptors (Lipinski definition) is 2. The molecule has 0 radical (unpaired) electrons. The van der Waals surface area contributed by atoms with E-state index in [1.165, 1.54) is 6.92 Å². The van der Waals surface area contributed by atoms with Gasteiger partial charge in [0.2, 0.25) is 0 Å². The average molecular weight is 196 g/mol. The molecule has 0 bridgehead atoms. The average Bonchev–Trinajstić information content (AvgIpc) is 1.99. The fraction of sp³-hybridized carbons (Fsp3) is 0.625. The van der Waals surface area contributed by atoms with Gasteiger partial charge in [0.25, 0.3) is 0 Å². The SMILES string of the molecule is CC=C(CC(F)(F)F)C(=O)OCC. The third-order valence-electron chi connectivity index (χ3n) is 1.28. The van der Waals surface area contributed by atoms with E-state index in [4.69, 9.17) is 0 Å². The normalized spacial score (nSPS) is 12.8. The van der Waals surface area contributed by atoms with Crippen molar-refractivity contribution < 1.29 is 22.7 Å². The third kappa shape index (κ3) is 5.27. The Labute approximate surface area is 74.4 Å². The first-order valence-electron chi connectivity index (χ1n) is 3.79. The Bertz CT molecular complexity index is 206. The number of halogens is 3. The minimum Gasteiger partial charge on any atom is -0.463 e. The van der Waals surface area contributed by atoms with Gasteiger partial charge in [-0.05, 0) is 13.8 Å². The van der Waals surface area contributed by atoms with Crippen molar-refractivity contribution in [2.24, 2.45) is 0 Å². The van der Waals surface area contributed by atoms with E-state index in [-0.39, 0.29) is 12.2 Å². The summed E-state index contributed by atoms with van der Waals surface area (Å²) in [6.45, 7) is 2.99. The van der Waals surface area contributed by atoms with Crippen molar-refractivity contribution in [2.75, 3.05) is 6.61 Å². The van der Waals surface area contributed by atoms with Crippen LogP contribution in [0.25, 0.3) is 0 Å². The van der Waals surface area contributed by atoms with Crippen LogP contribution >= 0.6 is 0 Å². The second kappa shape index (κ2) is 4.89. The van der Waals surface area contributed by atoms with Gasteiger partial charge in [-0.3, -0.25) is 0 Å². The molecule has 0 spiro atoms. The van der Waals surface area contributed by atoms with E-state index in [0.29, 0.717) is 0 Å². The van der Waals surface area contributed by atoms with Crippen molar-refractivity contribution in [3.8, 4) is 0 Å². The molecule has 76 valence electrons. The van der Waals surface area contributed by atoms with Gasteiger partial charge in [0, 0.05) is 5.57 Å². The fourth-order valence-corrected chi connectivity index (χ4v) is 0.732. The molecule has 0 heterocycles. The van der Waals surface area contributed by atoms with E-state index in [1.807, 2.05) is 0 Å². The van der Waals surface area contributed by atoms with Crippen LogP contribution in [0.2, 0.25) is 0 Å². The Morgan fingerprint density at radius 3 is 2.31 bits per heavy atom. The Morgan fingerprint density at radius 1 is 1.46 bits per heavy atom. The van der Waals surface area contributed by atoms with E-state index >= 15 is 0 Å². The van der Waals surface area contributed by atoms with Gasteiger partial charge in [0.15, 0.2) is 0 Å². The summed E-state index contributed by atoms with van der Waals surface area (Å²) in [5.74, 6) is -0.901. The van der Waals surface area contributed by atoms with Gasteiger partial charge in [-0.1, -0.05) is 6.08 Å². The van der Waals surface area contributed by atoms with Crippen molar-refractivity contribution in [2.45, 2.75) is 26.4 Å². The van der Waals surface area contributed by atoms with E-state index in [1.54, 1.807) is 6.92 Å². The first-order chi connectivity index (χ1) is 5.90. The molecular formula is C8H11F3O2. The fourth-order valence-electron chi connectivity index (χ4n) is 0.732. The van der Waals surface area contributed by atoms with Crippen LogP contribution in [0.4, 0.5) is 13.2 Å². The van der Waals surface area contributed by atoms with Crippen LogP contribution in [-0.4, -0.2) is 18.8 Å². The zero-order valence-corrected chi connectivity index (χ0v) is 7.44. The first-order valence-corrected chi connectivity index (χ1v) is 3.79. The first kappa shape index (κ1) is 12.0. The molecule has 0 fully saturated rings. The minimum absolute atomic E-state index is 0.0774. The molecule has 13 heavy (non-hydrogen) atoms. The topological polar surface area (TPSA) is 26.3 Å². The molecule has 0 aliphatic rings. The summed E-state index contributed by atoms with van der Waals surface area (Å²) in [4.78, 5) is 10.9. The lowest BCUT2D eigenvalue weighted by atomic mass is 10.2. The van der Waals surface area contributed by atoms with Crippen LogP contribution in [0.5, 0.6) is 0 Å². The van der Waals surface area contributed by atoms with Gasteiger partial charge in [0.05, 0.1) is 13.0 Å². The Balaban J connectivity index is 4.29. The molecule has 0 rings (SSSR count). The van der Waals surface area contributed by atoms with Crippen LogP contribution in [0.15, 0.2) is 11.6 Å². The number of rotatable bonds is 3. The maximum Gasteiger partial charge on any atom is 0.393 e. The van der Waals surface area contributed by atoms with Gasteiger partial charge in [-0.25, -0.2) is 4.79 Å². The maximum absolute atomic E-state index is 11.8. The van der Waals surface area contributed by atoms with Gasteiger partial charge >= 0.3 is 12.1 Å². The monoisotopic (exact) mass is 196 g/mol. The third-order valence-corrected chi connectivity index (χ3v) is 1.28. The van der Waals surface area contributed by atoms with Crippen LogP contribution in [0, 0.1) is 0 Å². The molecule has 5 heteroatoms. The summed E-state index contributed by atoms with van der Waals surface area (Å²) >= 11 is 0. The standard InChI is InChI=1S/C8H11F3O2/c1-3-6(5-8(9,10)11)7(12)13-4-2/h3H,4-5H2,1-2H3. The van der Waals surface area contributed by atoms with E-state index in [2.05, 4.69) is 4.74 Å². The highest BCUT2D eigenvalue weighted by molar-refractivity contribution is 5.88. The molecule has 0 atom stereocenters. The minimum atomic E-state index is -4.37. The van der Waals surface area contributed by atoms with Gasteiger partial charge in [0.1, 0.15) is 0 Å². The summed E-state index contributed by atoms with van der Waals surface area (Å²) in [5.41, 5.74) is -0.352. The lowest BCUT2D eigenvalue weighted by Crippen LogP contribution is -2.16. The molecule has 0 aliphatic heterocycles. The quantitative estimate of drug-likeness (QED) is 0.512. The highest BCUT2D eigenvalue weighted by Crippen LogP contribution is 2.24. The Morgan fingerprint density at radius 2 is 2.00 bits per heavy atom. The van der Waals surface area contributed by atoms with Crippen LogP contribution in [0.3, 0.4) is 0 Å². The van der Waals surface area contributed by atoms with Crippen molar-refractivity contribution in [3.05, 3.63) is 11.6 Å². The molecule has 0 aromatic heterocycles. The molecular weight excluding hydrogens is 185 g/mol. The van der Waals surface area contributed by atoms with E-state index < -0.39 is 18.6 Å². The second-order valence-corrected chi connectivity index (χ2v) is 2.33. The molecule has 0 saturated carbocycles. The number of hydrogen-bond donors (Lipinski definition) is 0. The van der Waals surface area contributed by atoms with Gasteiger partial charge in [-0.2, -0.15) is 13.2 Å². The molecule has 0 unspecified atom stereocenters. The Hall–Kier alpha value is -1.00. The predicted molar refractivity (Wildman–Crippen MR) is 41.1 cm³/mol. The maximum atomic E-state index is 11.8. The number of esters is 1. The number of alkyl halides is 3. The van der Waals surface area contributed by atoms with Crippen LogP contribution in [0.1, 0.15) is 20.3 Å². The summed E-state index contributed by atoms with van der Waals surface area (Å²) in [5, 5.41) is 0. The summed E-state index contributed by atoms with van der Waals surface area (Å²) in [7, 11) is 0. The van der Waals surface area contributed by atoms with Crippen molar-refractivity contribution in [1.82, 2.24) is 0 Å². The largest absolute Gasteiger partial charge is 0.463 e. The molecule has 2 nitrogen and oxygen atoms in total. The highest BCUT2D eigenvalue weighted by atomic mass is 19.4. The number of allylic oxidation sites excluding steroid dienone is 1. The van der Waals surface area contributed by atoms with E-state index in [9.17, 15) is 18.0 Å². The van der Waals surface area contributed by atoms with Crippen molar-refractivity contribution in [3.63, 3.8) is 0 Å². The summed E-state index contributed by atoms with van der Waals surface area (Å²) in [6, 6.07) is 0. The molecule has 0 N–H and O–H groups in total. The van der Waals surface area contributed by atoms with Gasteiger partial charge in [-0.15, -0.1) is 0 Å². The molecule has 0 amide bonds. The second-order valence-electron chi connectivity index (χ2n) is 2.33. The zero-order valence-electron chi connectivity index (χ0n) is 7.44. The highest BCUT2D eigenvalue weighted by Gasteiger charge is 2.31. The number of carbonyl (C=O) groups is 1. The smallest absolute Gasteiger partial charge is 0.393 e. The number of carbonyl (C=O) groups excluding carboxylic acids is 1. The van der Waals surface area contributed by atoms with E-state index in [0.717, 1.165) is 6.08 Å². The lowest BCUT2D eigenvalue weighted by Gasteiger charge is -2.08. The van der Waals surface area contributed by atoms with Crippen LogP contribution < -0.4 is 0 Å². The lowest BCUT2D eigenvalue weighted by molar-refractivity contribution is -0.147. The predicted octanol–water partition coefficient (Wildman–Crippen LogP) is 2.45. The number of ether oxygens (including phenoxy) is 1. The van der Waals surface area contributed by atoms with Crippen molar-refractivity contribution in [1.29, 1.82) is 0 Å². The molecule has 0 saturated heterocycles.